The van der Waals surface area contributed by atoms with Crippen molar-refractivity contribution in [2.75, 3.05) is 0 Å². The van der Waals surface area contributed by atoms with Gasteiger partial charge in [0.1, 0.15) is 5.76 Å². The molecule has 0 bridgehead atoms. The molecule has 0 saturated heterocycles. The van der Waals surface area contributed by atoms with Crippen LogP contribution in [0.25, 0.3) is 10.9 Å². The molecule has 28 heavy (non-hydrogen) atoms. The maximum absolute atomic E-state index is 12.7. The van der Waals surface area contributed by atoms with Gasteiger partial charge in [-0.3, -0.25) is 14.2 Å². The first-order valence-electron chi connectivity index (χ1n) is 9.64. The third kappa shape index (κ3) is 3.78. The van der Waals surface area contributed by atoms with Crippen molar-refractivity contribution in [2.45, 2.75) is 38.8 Å². The quantitative estimate of drug-likeness (QED) is 0.709. The summed E-state index contributed by atoms with van der Waals surface area (Å²) in [5, 5.41) is 3.44. The Kier molecular flexibility index (Phi) is 5.14. The summed E-state index contributed by atoms with van der Waals surface area (Å²) in [6.45, 7) is 0.785. The molecule has 1 aliphatic carbocycles. The molecular weight excluding hydrogens is 358 g/mol. The summed E-state index contributed by atoms with van der Waals surface area (Å²) in [5.41, 5.74) is -0.0645. The normalized spacial score (nSPS) is 19.6. The Balaban J connectivity index is 1.37. The van der Waals surface area contributed by atoms with Crippen LogP contribution in [0, 0.1) is 11.8 Å². The molecule has 1 fully saturated rings. The van der Waals surface area contributed by atoms with Crippen LogP contribution < -0.4 is 16.6 Å². The van der Waals surface area contributed by atoms with Crippen LogP contribution in [0.5, 0.6) is 0 Å². The van der Waals surface area contributed by atoms with Crippen molar-refractivity contribution in [1.82, 2.24) is 14.9 Å². The van der Waals surface area contributed by atoms with Gasteiger partial charge < -0.3 is 14.7 Å². The Hall–Kier alpha value is -3.09. The van der Waals surface area contributed by atoms with Crippen molar-refractivity contribution in [2.24, 2.45) is 11.8 Å². The number of nitrogens with one attached hydrogen (secondary N) is 2. The highest BCUT2D eigenvalue weighted by molar-refractivity contribution is 5.78. The first kappa shape index (κ1) is 18.3. The highest BCUT2D eigenvalue weighted by Crippen LogP contribution is 2.29. The summed E-state index contributed by atoms with van der Waals surface area (Å²) in [4.78, 5) is 40.1. The Morgan fingerprint density at radius 1 is 1.11 bits per heavy atom. The number of rotatable bonds is 5. The summed E-state index contributed by atoms with van der Waals surface area (Å²) in [6.07, 6.45) is 4.74. The van der Waals surface area contributed by atoms with E-state index in [-0.39, 0.29) is 29.0 Å². The van der Waals surface area contributed by atoms with Crippen LogP contribution in [-0.2, 0) is 17.9 Å². The van der Waals surface area contributed by atoms with Gasteiger partial charge in [-0.25, -0.2) is 4.79 Å². The van der Waals surface area contributed by atoms with Crippen molar-refractivity contribution < 1.29 is 9.21 Å². The number of hydrogen-bond acceptors (Lipinski definition) is 4. The minimum absolute atomic E-state index is 0.0298. The molecule has 0 spiro atoms. The monoisotopic (exact) mass is 381 g/mol. The van der Waals surface area contributed by atoms with Gasteiger partial charge >= 0.3 is 5.69 Å². The van der Waals surface area contributed by atoms with E-state index >= 15 is 0 Å². The highest BCUT2D eigenvalue weighted by atomic mass is 16.3. The van der Waals surface area contributed by atoms with Gasteiger partial charge in [0, 0.05) is 12.5 Å². The van der Waals surface area contributed by atoms with E-state index in [0.29, 0.717) is 24.0 Å². The Morgan fingerprint density at radius 2 is 1.89 bits per heavy atom. The zero-order valence-electron chi connectivity index (χ0n) is 15.5. The van der Waals surface area contributed by atoms with Gasteiger partial charge in [0.25, 0.3) is 5.56 Å². The molecule has 0 radical (unpaired) electrons. The van der Waals surface area contributed by atoms with Crippen LogP contribution in [0.15, 0.2) is 56.7 Å². The van der Waals surface area contributed by atoms with Crippen LogP contribution in [-0.4, -0.2) is 15.5 Å². The van der Waals surface area contributed by atoms with Crippen LogP contribution in [0.3, 0.4) is 0 Å². The van der Waals surface area contributed by atoms with Crippen molar-refractivity contribution in [1.29, 1.82) is 0 Å². The molecule has 1 amide bonds. The largest absolute Gasteiger partial charge is 0.467 e. The predicted molar refractivity (Wildman–Crippen MR) is 105 cm³/mol. The van der Waals surface area contributed by atoms with Crippen molar-refractivity contribution >= 4 is 16.8 Å². The number of nitrogens with zero attached hydrogens (tertiary/aromatic N) is 1. The summed E-state index contributed by atoms with van der Waals surface area (Å²) in [6, 6.07) is 10.7. The number of carbonyl (C=O) groups excluding carboxylic acids is 1. The molecule has 0 aliphatic heterocycles. The number of H-pyrrole nitrogens is 1. The number of hydrogen-bond donors (Lipinski definition) is 2. The van der Waals surface area contributed by atoms with E-state index in [4.69, 9.17) is 4.42 Å². The van der Waals surface area contributed by atoms with E-state index in [1.54, 1.807) is 36.6 Å². The highest BCUT2D eigenvalue weighted by Gasteiger charge is 2.27. The lowest BCUT2D eigenvalue weighted by Crippen LogP contribution is -2.39. The van der Waals surface area contributed by atoms with Gasteiger partial charge in [-0.15, -0.1) is 0 Å². The lowest BCUT2D eigenvalue weighted by molar-refractivity contribution is -0.126. The fraction of sp³-hybridized carbons (Fsp3) is 0.381. The van der Waals surface area contributed by atoms with Gasteiger partial charge in [0.2, 0.25) is 5.91 Å². The molecular formula is C21H23N3O4. The van der Waals surface area contributed by atoms with Crippen LogP contribution >= 0.6 is 0 Å². The molecule has 0 atom stereocenters. The summed E-state index contributed by atoms with van der Waals surface area (Å²) in [7, 11) is 0. The van der Waals surface area contributed by atoms with E-state index in [0.717, 1.165) is 31.4 Å². The Labute approximate surface area is 161 Å². The molecule has 2 heterocycles. The maximum atomic E-state index is 12.7. The number of aromatic nitrogens is 2. The summed E-state index contributed by atoms with van der Waals surface area (Å²) < 4.78 is 6.52. The molecule has 7 nitrogen and oxygen atoms in total. The van der Waals surface area contributed by atoms with Crippen LogP contribution in [0.1, 0.15) is 31.4 Å². The molecule has 7 heteroatoms. The van der Waals surface area contributed by atoms with Crippen molar-refractivity contribution in [3.8, 4) is 0 Å². The second-order valence-corrected chi connectivity index (χ2v) is 7.41. The number of fused-ring (bicyclic) bond motifs is 1. The predicted octanol–water partition coefficient (Wildman–Crippen LogP) is 2.41. The number of amides is 1. The van der Waals surface area contributed by atoms with Crippen LogP contribution in [0.4, 0.5) is 0 Å². The standard InChI is InChI=1S/C21H23N3O4/c25-19(22-12-16-4-3-11-28-16)15-9-7-14(8-10-15)13-24-20(26)17-5-1-2-6-18(17)23-21(24)27/h1-6,11,14-15H,7-10,12-13H2,(H,22,25)(H,23,27). The number of benzene rings is 1. The van der Waals surface area contributed by atoms with Crippen LogP contribution in [0.2, 0.25) is 0 Å². The number of para-hydroxylation sites is 1. The third-order valence-corrected chi connectivity index (χ3v) is 5.56. The molecule has 4 rings (SSSR count). The van der Waals surface area contributed by atoms with E-state index < -0.39 is 0 Å². The topological polar surface area (TPSA) is 97.1 Å². The Bertz CT molecular complexity index is 1070. The lowest BCUT2D eigenvalue weighted by atomic mass is 9.81. The SMILES string of the molecule is O=C(NCc1ccco1)C1CCC(Cn2c(=O)[nH]c3ccccc3c2=O)CC1. The van der Waals surface area contributed by atoms with Gasteiger partial charge in [-0.2, -0.15) is 0 Å². The van der Waals surface area contributed by atoms with E-state index in [1.807, 2.05) is 6.07 Å². The maximum Gasteiger partial charge on any atom is 0.328 e. The minimum atomic E-state index is -0.373. The molecule has 3 aromatic rings. The fourth-order valence-electron chi connectivity index (χ4n) is 3.96. The molecule has 2 aromatic heterocycles. The zero-order valence-corrected chi connectivity index (χ0v) is 15.5. The molecule has 146 valence electrons. The second kappa shape index (κ2) is 7.88. The second-order valence-electron chi connectivity index (χ2n) is 7.41. The first-order chi connectivity index (χ1) is 13.6. The number of carbonyl (C=O) groups is 1. The lowest BCUT2D eigenvalue weighted by Gasteiger charge is -2.27. The molecule has 1 aromatic carbocycles. The summed E-state index contributed by atoms with van der Waals surface area (Å²) >= 11 is 0. The first-order valence-corrected chi connectivity index (χ1v) is 9.64. The fourth-order valence-corrected chi connectivity index (χ4v) is 3.96. The Morgan fingerprint density at radius 3 is 2.64 bits per heavy atom. The van der Waals surface area contributed by atoms with Gasteiger partial charge in [0.05, 0.1) is 23.7 Å². The van der Waals surface area contributed by atoms with Gasteiger partial charge in [0.15, 0.2) is 0 Å². The molecule has 1 saturated carbocycles. The molecule has 0 unspecified atom stereocenters. The molecule has 1 aliphatic rings. The number of aromatic amines is 1. The smallest absolute Gasteiger partial charge is 0.328 e. The average molecular weight is 381 g/mol. The van der Waals surface area contributed by atoms with E-state index in [9.17, 15) is 14.4 Å². The minimum Gasteiger partial charge on any atom is -0.467 e. The third-order valence-electron chi connectivity index (χ3n) is 5.56. The number of furan rings is 1. The molecule has 2 N–H and O–H groups in total. The average Bonchev–Trinajstić information content (AvgIpc) is 3.23. The van der Waals surface area contributed by atoms with Gasteiger partial charge in [-0.05, 0) is 55.9 Å². The van der Waals surface area contributed by atoms with Crippen molar-refractivity contribution in [3.63, 3.8) is 0 Å². The van der Waals surface area contributed by atoms with Gasteiger partial charge in [-0.1, -0.05) is 12.1 Å². The summed E-state index contributed by atoms with van der Waals surface area (Å²) in [5.74, 6) is 0.958. The zero-order chi connectivity index (χ0) is 19.5. The van der Waals surface area contributed by atoms with E-state index in [1.165, 1.54) is 4.57 Å². The van der Waals surface area contributed by atoms with E-state index in [2.05, 4.69) is 10.3 Å². The van der Waals surface area contributed by atoms with Crippen molar-refractivity contribution in [3.05, 3.63) is 69.3 Å².